The zero-order chi connectivity index (χ0) is 21.5. The van der Waals surface area contributed by atoms with E-state index in [9.17, 15) is 9.18 Å². The maximum absolute atomic E-state index is 13.9. The summed E-state index contributed by atoms with van der Waals surface area (Å²) in [6, 6.07) is 21.5. The molecule has 0 saturated carbocycles. The molecule has 0 spiro atoms. The largest absolute Gasteiger partial charge is 0.495 e. The molecule has 0 aliphatic rings. The number of aryl methyl sites for hydroxylation is 1. The van der Waals surface area contributed by atoms with Crippen LogP contribution >= 0.6 is 0 Å². The summed E-state index contributed by atoms with van der Waals surface area (Å²) < 4.78 is 19.2. The summed E-state index contributed by atoms with van der Waals surface area (Å²) in [7, 11) is 1.57. The fourth-order valence-corrected chi connectivity index (χ4v) is 3.45. The Kier molecular flexibility index (Phi) is 7.20. The number of hydrogen-bond donors (Lipinski definition) is 2. The van der Waals surface area contributed by atoms with Crippen LogP contribution in [0, 0.1) is 5.82 Å². The van der Waals surface area contributed by atoms with Crippen molar-refractivity contribution in [2.45, 2.75) is 32.4 Å². The normalized spacial score (nSPS) is 12.8. The van der Waals surface area contributed by atoms with Crippen molar-refractivity contribution in [1.82, 2.24) is 0 Å². The Morgan fingerprint density at radius 1 is 1.03 bits per heavy atom. The SMILES string of the molecule is CCc1ccc([C@H]([NH2+][C@H](C)C(=O)Nc2ccccc2OC)c2cccc(F)c2)cc1. The van der Waals surface area contributed by atoms with Gasteiger partial charge in [-0.3, -0.25) is 4.79 Å². The third kappa shape index (κ3) is 5.24. The molecule has 3 aromatic carbocycles. The van der Waals surface area contributed by atoms with Crippen LogP contribution in [0.15, 0.2) is 72.8 Å². The van der Waals surface area contributed by atoms with Crippen LogP contribution in [0.4, 0.5) is 10.1 Å². The Morgan fingerprint density at radius 2 is 1.77 bits per heavy atom. The molecule has 5 heteroatoms. The van der Waals surface area contributed by atoms with Crippen LogP contribution in [-0.4, -0.2) is 19.1 Å². The van der Waals surface area contributed by atoms with Gasteiger partial charge in [0.15, 0.2) is 6.04 Å². The van der Waals surface area contributed by atoms with Gasteiger partial charge in [0.25, 0.3) is 5.91 Å². The summed E-state index contributed by atoms with van der Waals surface area (Å²) in [5, 5.41) is 4.89. The van der Waals surface area contributed by atoms with Gasteiger partial charge in [0.2, 0.25) is 0 Å². The van der Waals surface area contributed by atoms with Crippen molar-refractivity contribution in [3.8, 4) is 5.75 Å². The minimum absolute atomic E-state index is 0.147. The lowest BCUT2D eigenvalue weighted by Crippen LogP contribution is -2.92. The number of methoxy groups -OCH3 is 1. The molecule has 0 bridgehead atoms. The number of anilines is 1. The first-order chi connectivity index (χ1) is 14.5. The van der Waals surface area contributed by atoms with Crippen molar-refractivity contribution in [2.75, 3.05) is 12.4 Å². The zero-order valence-corrected chi connectivity index (χ0v) is 17.6. The van der Waals surface area contributed by atoms with E-state index in [0.717, 1.165) is 17.5 Å². The molecule has 3 aromatic rings. The number of quaternary nitrogens is 1. The zero-order valence-electron chi connectivity index (χ0n) is 17.6. The molecule has 0 aliphatic carbocycles. The number of carbonyl (C=O) groups is 1. The molecule has 1 amide bonds. The van der Waals surface area contributed by atoms with Gasteiger partial charge in [0.1, 0.15) is 17.6 Å². The van der Waals surface area contributed by atoms with E-state index in [1.807, 2.05) is 30.4 Å². The molecule has 0 aromatic heterocycles. The van der Waals surface area contributed by atoms with E-state index in [2.05, 4.69) is 36.5 Å². The molecule has 4 nitrogen and oxygen atoms in total. The summed E-state index contributed by atoms with van der Waals surface area (Å²) in [5.74, 6) is 0.170. The van der Waals surface area contributed by atoms with E-state index in [0.29, 0.717) is 11.4 Å². The predicted octanol–water partition coefficient (Wildman–Crippen LogP) is 4.08. The second-order valence-corrected chi connectivity index (χ2v) is 7.30. The van der Waals surface area contributed by atoms with Gasteiger partial charge in [-0.15, -0.1) is 0 Å². The number of rotatable bonds is 8. The maximum Gasteiger partial charge on any atom is 0.282 e. The van der Waals surface area contributed by atoms with Gasteiger partial charge in [-0.1, -0.05) is 55.5 Å². The van der Waals surface area contributed by atoms with Gasteiger partial charge in [0, 0.05) is 11.1 Å². The summed E-state index contributed by atoms with van der Waals surface area (Å²) in [6.45, 7) is 3.95. The van der Waals surface area contributed by atoms with Crippen molar-refractivity contribution in [2.24, 2.45) is 0 Å². The summed E-state index contributed by atoms with van der Waals surface area (Å²) in [4.78, 5) is 12.9. The van der Waals surface area contributed by atoms with Crippen molar-refractivity contribution in [1.29, 1.82) is 0 Å². The maximum atomic E-state index is 13.9. The highest BCUT2D eigenvalue weighted by Crippen LogP contribution is 2.23. The highest BCUT2D eigenvalue weighted by molar-refractivity contribution is 5.94. The Morgan fingerprint density at radius 3 is 2.43 bits per heavy atom. The van der Waals surface area contributed by atoms with Crippen LogP contribution in [0.1, 0.15) is 36.6 Å². The number of ether oxygens (including phenoxy) is 1. The molecule has 3 rings (SSSR count). The number of benzene rings is 3. The van der Waals surface area contributed by atoms with Crippen LogP contribution in [0.2, 0.25) is 0 Å². The molecule has 2 atom stereocenters. The lowest BCUT2D eigenvalue weighted by molar-refractivity contribution is -0.704. The average molecular weight is 408 g/mol. The molecular formula is C25H28FN2O2+. The van der Waals surface area contributed by atoms with Crippen molar-refractivity contribution in [3.63, 3.8) is 0 Å². The van der Waals surface area contributed by atoms with E-state index in [1.54, 1.807) is 25.3 Å². The smallest absolute Gasteiger partial charge is 0.282 e. The summed E-state index contributed by atoms with van der Waals surface area (Å²) in [6.07, 6.45) is 0.951. The van der Waals surface area contributed by atoms with Gasteiger partial charge < -0.3 is 15.4 Å². The van der Waals surface area contributed by atoms with Crippen molar-refractivity contribution < 1.29 is 19.2 Å². The molecule has 0 unspecified atom stereocenters. The van der Waals surface area contributed by atoms with Crippen molar-refractivity contribution >= 4 is 11.6 Å². The molecule has 30 heavy (non-hydrogen) atoms. The number of hydrogen-bond acceptors (Lipinski definition) is 2. The number of halogens is 1. The van der Waals surface area contributed by atoms with E-state index in [1.165, 1.54) is 17.7 Å². The summed E-state index contributed by atoms with van der Waals surface area (Å²) in [5.41, 5.74) is 3.70. The van der Waals surface area contributed by atoms with Crippen LogP contribution in [-0.2, 0) is 11.2 Å². The van der Waals surface area contributed by atoms with E-state index in [-0.39, 0.29) is 17.8 Å². The predicted molar refractivity (Wildman–Crippen MR) is 117 cm³/mol. The standard InChI is InChI=1S/C25H27FN2O2/c1-4-18-12-14-19(15-13-18)24(20-8-7-9-21(26)16-20)27-17(2)25(29)28-22-10-5-6-11-23(22)30-3/h5-17,24,27H,4H2,1-3H3,(H,28,29)/p+1/t17-,24+/m1/s1. The third-order valence-corrected chi connectivity index (χ3v) is 5.21. The quantitative estimate of drug-likeness (QED) is 0.591. The van der Waals surface area contributed by atoms with Gasteiger partial charge in [-0.05, 0) is 43.2 Å². The molecule has 3 N–H and O–H groups in total. The van der Waals surface area contributed by atoms with E-state index >= 15 is 0 Å². The first-order valence-corrected chi connectivity index (χ1v) is 10.1. The van der Waals surface area contributed by atoms with E-state index < -0.39 is 6.04 Å². The highest BCUT2D eigenvalue weighted by Gasteiger charge is 2.25. The molecule has 156 valence electrons. The molecule has 0 fully saturated rings. The number of carbonyl (C=O) groups excluding carboxylic acids is 1. The average Bonchev–Trinajstić information content (AvgIpc) is 2.77. The van der Waals surface area contributed by atoms with Crippen molar-refractivity contribution in [3.05, 3.63) is 95.3 Å². The second kappa shape index (κ2) is 10.0. The van der Waals surface area contributed by atoms with Gasteiger partial charge in [-0.25, -0.2) is 4.39 Å². The molecule has 0 heterocycles. The minimum Gasteiger partial charge on any atom is -0.495 e. The fourth-order valence-electron chi connectivity index (χ4n) is 3.45. The number of amides is 1. The Balaban J connectivity index is 1.83. The van der Waals surface area contributed by atoms with E-state index in [4.69, 9.17) is 4.74 Å². The fraction of sp³-hybridized carbons (Fsp3) is 0.240. The van der Waals surface area contributed by atoms with Crippen LogP contribution in [0.5, 0.6) is 5.75 Å². The third-order valence-electron chi connectivity index (χ3n) is 5.21. The Bertz CT molecular complexity index is 988. The lowest BCUT2D eigenvalue weighted by atomic mass is 9.96. The lowest BCUT2D eigenvalue weighted by Gasteiger charge is -2.21. The molecule has 0 radical (unpaired) electrons. The van der Waals surface area contributed by atoms with Crippen LogP contribution in [0.3, 0.4) is 0 Å². The van der Waals surface area contributed by atoms with Crippen LogP contribution in [0.25, 0.3) is 0 Å². The Labute approximate surface area is 177 Å². The highest BCUT2D eigenvalue weighted by atomic mass is 19.1. The summed E-state index contributed by atoms with van der Waals surface area (Å²) >= 11 is 0. The molecular weight excluding hydrogens is 379 g/mol. The van der Waals surface area contributed by atoms with Crippen LogP contribution < -0.4 is 15.4 Å². The van der Waals surface area contributed by atoms with Gasteiger partial charge >= 0.3 is 0 Å². The topological polar surface area (TPSA) is 54.9 Å². The van der Waals surface area contributed by atoms with Gasteiger partial charge in [0.05, 0.1) is 12.8 Å². The first kappa shape index (κ1) is 21.5. The molecule has 0 aliphatic heterocycles. The molecule has 0 saturated heterocycles. The van der Waals surface area contributed by atoms with Gasteiger partial charge in [-0.2, -0.15) is 0 Å². The number of nitrogens with one attached hydrogen (secondary N) is 1. The first-order valence-electron chi connectivity index (χ1n) is 10.1. The Hall–Kier alpha value is -3.18. The number of para-hydroxylation sites is 2. The second-order valence-electron chi connectivity index (χ2n) is 7.30. The monoisotopic (exact) mass is 407 g/mol. The number of nitrogens with two attached hydrogens (primary N) is 1. The minimum atomic E-state index is -0.408.